The molecule has 0 rings (SSSR count). The molecule has 0 radical (unpaired) electrons. The van der Waals surface area contributed by atoms with Gasteiger partial charge in [0.05, 0.1) is 6.61 Å². The first-order chi connectivity index (χ1) is 7.77. The van der Waals surface area contributed by atoms with Gasteiger partial charge in [-0.3, -0.25) is 0 Å². The molecule has 0 aromatic heterocycles. The Hall–Kier alpha value is -1.52. The lowest BCUT2D eigenvalue weighted by molar-refractivity contribution is -0.396. The number of aliphatic hydroxyl groups is 5. The summed E-state index contributed by atoms with van der Waals surface area (Å²) in [6.07, 6.45) is -1.44. The monoisotopic (exact) mass is 252 g/mol. The Kier molecular flexibility index (Phi) is 6.31. The zero-order valence-electron chi connectivity index (χ0n) is 8.52. The third-order valence-corrected chi connectivity index (χ3v) is 1.25. The molecule has 0 heterocycles. The first-order valence-corrected chi connectivity index (χ1v) is 4.29. The molecule has 1 unspecified atom stereocenters. The predicted molar refractivity (Wildman–Crippen MR) is 48.7 cm³/mol. The van der Waals surface area contributed by atoms with Gasteiger partial charge in [-0.1, -0.05) is 0 Å². The van der Waals surface area contributed by atoms with Crippen molar-refractivity contribution in [3.63, 3.8) is 0 Å². The second-order valence-electron chi connectivity index (χ2n) is 2.70. The number of aliphatic hydroxyl groups excluding tert-OH is 2. The van der Waals surface area contributed by atoms with Crippen LogP contribution in [0.1, 0.15) is 0 Å². The summed E-state index contributed by atoms with van der Waals surface area (Å²) >= 11 is 0. The molecule has 0 spiro atoms. The molecule has 0 aliphatic rings. The smallest absolute Gasteiger partial charge is 0.341 e. The van der Waals surface area contributed by atoms with Crippen LogP contribution >= 0.6 is 0 Å². The van der Waals surface area contributed by atoms with Gasteiger partial charge in [-0.05, 0) is 0 Å². The van der Waals surface area contributed by atoms with Gasteiger partial charge in [-0.25, -0.2) is 9.59 Å². The molecule has 0 aliphatic carbocycles. The number of hydrogen-bond donors (Lipinski definition) is 5. The molecule has 17 heavy (non-hydrogen) atoms. The van der Waals surface area contributed by atoms with Crippen LogP contribution in [-0.2, 0) is 19.1 Å². The lowest BCUT2D eigenvalue weighted by Gasteiger charge is -2.19. The molecular weight excluding hydrogens is 240 g/mol. The van der Waals surface area contributed by atoms with Crippen LogP contribution in [-0.4, -0.2) is 62.9 Å². The Morgan fingerprint density at radius 1 is 1.18 bits per heavy atom. The highest BCUT2D eigenvalue weighted by Crippen LogP contribution is 2.03. The summed E-state index contributed by atoms with van der Waals surface area (Å²) in [5.74, 6) is -5.87. The molecule has 9 heteroatoms. The van der Waals surface area contributed by atoms with E-state index in [2.05, 4.69) is 9.47 Å². The SMILES string of the molecule is O=C(/C=C/C(=O)OC(O)C(O)(O)O)OCCO. The van der Waals surface area contributed by atoms with Crippen molar-refractivity contribution >= 4 is 11.9 Å². The van der Waals surface area contributed by atoms with E-state index in [1.54, 1.807) is 0 Å². The standard InChI is InChI=1S/C8H12O9/c9-3-4-16-5(10)1-2-6(11)17-7(12)8(13,14)15/h1-2,7,9,12-15H,3-4H2/b2-1+. The highest BCUT2D eigenvalue weighted by atomic mass is 16.8. The third-order valence-electron chi connectivity index (χ3n) is 1.25. The van der Waals surface area contributed by atoms with Gasteiger partial charge < -0.3 is 35.0 Å². The van der Waals surface area contributed by atoms with Crippen LogP contribution in [0.15, 0.2) is 12.2 Å². The minimum Gasteiger partial charge on any atom is -0.460 e. The minimum atomic E-state index is -3.60. The van der Waals surface area contributed by atoms with Gasteiger partial charge in [0.15, 0.2) is 0 Å². The van der Waals surface area contributed by atoms with Crippen LogP contribution in [0.2, 0.25) is 0 Å². The van der Waals surface area contributed by atoms with Gasteiger partial charge in [0.1, 0.15) is 6.61 Å². The molecular formula is C8H12O9. The third kappa shape index (κ3) is 7.38. The molecule has 0 aromatic carbocycles. The second-order valence-corrected chi connectivity index (χ2v) is 2.70. The maximum atomic E-state index is 10.8. The van der Waals surface area contributed by atoms with Gasteiger partial charge in [-0.15, -0.1) is 0 Å². The van der Waals surface area contributed by atoms with Crippen LogP contribution in [0.5, 0.6) is 0 Å². The summed E-state index contributed by atoms with van der Waals surface area (Å²) in [5.41, 5.74) is 0. The first-order valence-electron chi connectivity index (χ1n) is 4.29. The summed E-state index contributed by atoms with van der Waals surface area (Å²) in [5, 5.41) is 42.1. The van der Waals surface area contributed by atoms with Crippen LogP contribution in [0, 0.1) is 0 Å². The predicted octanol–water partition coefficient (Wildman–Crippen LogP) is -3.43. The molecule has 0 bridgehead atoms. The first kappa shape index (κ1) is 15.5. The zero-order valence-corrected chi connectivity index (χ0v) is 8.52. The van der Waals surface area contributed by atoms with E-state index in [1.807, 2.05) is 0 Å². The van der Waals surface area contributed by atoms with Gasteiger partial charge >= 0.3 is 17.9 Å². The van der Waals surface area contributed by atoms with Crippen molar-refractivity contribution in [3.05, 3.63) is 12.2 Å². The van der Waals surface area contributed by atoms with Crippen molar-refractivity contribution in [2.75, 3.05) is 13.2 Å². The van der Waals surface area contributed by atoms with E-state index < -0.39 is 24.2 Å². The number of carbonyl (C=O) groups is 2. The van der Waals surface area contributed by atoms with E-state index in [0.29, 0.717) is 12.2 Å². The van der Waals surface area contributed by atoms with E-state index >= 15 is 0 Å². The summed E-state index contributed by atoms with van der Waals surface area (Å²) in [7, 11) is 0. The molecule has 0 amide bonds. The zero-order chi connectivity index (χ0) is 13.5. The van der Waals surface area contributed by atoms with Crippen molar-refractivity contribution in [1.82, 2.24) is 0 Å². The lowest BCUT2D eigenvalue weighted by Crippen LogP contribution is -2.44. The highest BCUT2D eigenvalue weighted by molar-refractivity contribution is 5.91. The number of ether oxygens (including phenoxy) is 2. The Balaban J connectivity index is 4.10. The van der Waals surface area contributed by atoms with Crippen molar-refractivity contribution in [2.45, 2.75) is 12.3 Å². The molecule has 0 fully saturated rings. The molecule has 0 saturated carbocycles. The van der Waals surface area contributed by atoms with E-state index in [9.17, 15) is 9.59 Å². The second kappa shape index (κ2) is 6.93. The van der Waals surface area contributed by atoms with Gasteiger partial charge in [0.25, 0.3) is 6.29 Å². The number of rotatable bonds is 6. The average Bonchev–Trinajstić information content (AvgIpc) is 2.22. The van der Waals surface area contributed by atoms with E-state index in [1.165, 1.54) is 0 Å². The van der Waals surface area contributed by atoms with Crippen LogP contribution in [0.3, 0.4) is 0 Å². The fraction of sp³-hybridized carbons (Fsp3) is 0.500. The molecule has 0 saturated heterocycles. The summed E-state index contributed by atoms with van der Waals surface area (Å²) in [6.45, 7) is -0.640. The fourth-order valence-corrected chi connectivity index (χ4v) is 0.559. The van der Waals surface area contributed by atoms with E-state index in [-0.39, 0.29) is 13.2 Å². The summed E-state index contributed by atoms with van der Waals surface area (Å²) in [6, 6.07) is 0. The molecule has 98 valence electrons. The van der Waals surface area contributed by atoms with Crippen LogP contribution in [0.4, 0.5) is 0 Å². The van der Waals surface area contributed by atoms with Gasteiger partial charge in [-0.2, -0.15) is 0 Å². The topological polar surface area (TPSA) is 154 Å². The maximum Gasteiger partial charge on any atom is 0.341 e. The lowest BCUT2D eigenvalue weighted by atomic mass is 10.5. The Bertz CT molecular complexity index is 290. The Labute approximate surface area is 95.1 Å². The molecule has 1 atom stereocenters. The number of hydrogen-bond acceptors (Lipinski definition) is 9. The molecule has 0 aromatic rings. The van der Waals surface area contributed by atoms with Crippen molar-refractivity contribution in [2.24, 2.45) is 0 Å². The largest absolute Gasteiger partial charge is 0.460 e. The van der Waals surface area contributed by atoms with Crippen molar-refractivity contribution in [1.29, 1.82) is 0 Å². The summed E-state index contributed by atoms with van der Waals surface area (Å²) < 4.78 is 8.21. The van der Waals surface area contributed by atoms with Crippen LogP contribution < -0.4 is 0 Å². The highest BCUT2D eigenvalue weighted by Gasteiger charge is 2.33. The quantitative estimate of drug-likeness (QED) is 0.184. The summed E-state index contributed by atoms with van der Waals surface area (Å²) in [4.78, 5) is 21.6. The Morgan fingerprint density at radius 2 is 1.71 bits per heavy atom. The van der Waals surface area contributed by atoms with Gasteiger partial charge in [0, 0.05) is 12.2 Å². The average molecular weight is 252 g/mol. The van der Waals surface area contributed by atoms with E-state index in [0.717, 1.165) is 0 Å². The van der Waals surface area contributed by atoms with Gasteiger partial charge in [0.2, 0.25) is 0 Å². The number of carbonyl (C=O) groups excluding carboxylic acids is 2. The molecule has 0 aliphatic heterocycles. The number of esters is 2. The molecule has 9 nitrogen and oxygen atoms in total. The van der Waals surface area contributed by atoms with Crippen molar-refractivity contribution < 1.29 is 44.6 Å². The normalized spacial score (nSPS) is 13.5. The molecule has 5 N–H and O–H groups in total. The van der Waals surface area contributed by atoms with E-state index in [4.69, 9.17) is 25.5 Å². The maximum absolute atomic E-state index is 10.8. The van der Waals surface area contributed by atoms with Crippen LogP contribution in [0.25, 0.3) is 0 Å². The van der Waals surface area contributed by atoms with Crippen molar-refractivity contribution in [3.8, 4) is 0 Å². The Morgan fingerprint density at radius 3 is 2.18 bits per heavy atom. The minimum absolute atomic E-state index is 0.256. The fourth-order valence-electron chi connectivity index (χ4n) is 0.559.